The molecule has 2 heterocycles. The van der Waals surface area contributed by atoms with E-state index in [2.05, 4.69) is 9.88 Å². The van der Waals surface area contributed by atoms with Gasteiger partial charge in [-0.2, -0.15) is 0 Å². The lowest BCUT2D eigenvalue weighted by Gasteiger charge is -2.13. The van der Waals surface area contributed by atoms with Gasteiger partial charge in [0.05, 0.1) is 30.0 Å². The van der Waals surface area contributed by atoms with Gasteiger partial charge in [-0.3, -0.25) is 9.59 Å². The lowest BCUT2D eigenvalue weighted by atomic mass is 10.1. The third kappa shape index (κ3) is 4.10. The van der Waals surface area contributed by atoms with Crippen molar-refractivity contribution in [3.63, 3.8) is 0 Å². The van der Waals surface area contributed by atoms with Crippen LogP contribution in [0.5, 0.6) is 0 Å². The number of carbonyl (C=O) groups excluding carboxylic acids is 1. The van der Waals surface area contributed by atoms with Crippen molar-refractivity contribution in [1.29, 1.82) is 0 Å². The van der Waals surface area contributed by atoms with Crippen LogP contribution in [-0.2, 0) is 22.6 Å². The molecule has 2 aromatic carbocycles. The molecule has 7 heteroatoms. The number of rotatable bonds is 8. The Balaban J connectivity index is 1.73. The molecule has 0 bridgehead atoms. The van der Waals surface area contributed by atoms with Gasteiger partial charge >= 0.3 is 0 Å². The number of nitrogens with one attached hydrogen (secondary N) is 1. The summed E-state index contributed by atoms with van der Waals surface area (Å²) < 4.78 is 13.9. The Kier molecular flexibility index (Phi) is 6.16. The molecule has 4 rings (SSSR count). The van der Waals surface area contributed by atoms with Crippen molar-refractivity contribution in [3.05, 3.63) is 76.8 Å². The summed E-state index contributed by atoms with van der Waals surface area (Å²) in [5, 5.41) is 5.12. The van der Waals surface area contributed by atoms with Crippen LogP contribution in [0.1, 0.15) is 10.4 Å². The Morgan fingerprint density at radius 3 is 2.32 bits per heavy atom. The molecular formula is C24H25N3O4. The smallest absolute Gasteiger partial charge is 0.258 e. The fraction of sp³-hybridized carbons (Fsp3) is 0.250. The SMILES string of the molecule is COCCn1cc(C(=O)Nc2cccc3c2ccn3CCOC)c2ccccc2c1=O. The Bertz CT molecular complexity index is 1290. The molecule has 0 spiro atoms. The van der Waals surface area contributed by atoms with E-state index < -0.39 is 0 Å². The fourth-order valence-corrected chi connectivity index (χ4v) is 3.79. The van der Waals surface area contributed by atoms with Crippen LogP contribution in [0.4, 0.5) is 5.69 Å². The Morgan fingerprint density at radius 2 is 1.58 bits per heavy atom. The van der Waals surface area contributed by atoms with Crippen molar-refractivity contribution >= 4 is 33.3 Å². The summed E-state index contributed by atoms with van der Waals surface area (Å²) in [6.45, 7) is 2.09. The molecular weight excluding hydrogens is 394 g/mol. The van der Waals surface area contributed by atoms with E-state index in [1.54, 1.807) is 38.6 Å². The summed E-state index contributed by atoms with van der Waals surface area (Å²) in [7, 11) is 3.26. The first-order valence-electron chi connectivity index (χ1n) is 10.1. The summed E-state index contributed by atoms with van der Waals surface area (Å²) in [4.78, 5) is 26.1. The number of hydrogen-bond donors (Lipinski definition) is 1. The summed E-state index contributed by atoms with van der Waals surface area (Å²) in [6, 6.07) is 15.0. The van der Waals surface area contributed by atoms with Gasteiger partial charge in [-0.05, 0) is 24.3 Å². The zero-order chi connectivity index (χ0) is 21.8. The number of hydrogen-bond acceptors (Lipinski definition) is 4. The summed E-state index contributed by atoms with van der Waals surface area (Å²) in [6.07, 6.45) is 3.60. The average molecular weight is 419 g/mol. The third-order valence-electron chi connectivity index (χ3n) is 5.37. The van der Waals surface area contributed by atoms with E-state index >= 15 is 0 Å². The van der Waals surface area contributed by atoms with E-state index in [9.17, 15) is 9.59 Å². The van der Waals surface area contributed by atoms with Gasteiger partial charge in [0.1, 0.15) is 0 Å². The summed E-state index contributed by atoms with van der Waals surface area (Å²) in [5.74, 6) is -0.264. The second-order valence-corrected chi connectivity index (χ2v) is 7.27. The lowest BCUT2D eigenvalue weighted by Crippen LogP contribution is -2.25. The van der Waals surface area contributed by atoms with Crippen LogP contribution in [0.15, 0.2) is 65.7 Å². The summed E-state index contributed by atoms with van der Waals surface area (Å²) in [5.41, 5.74) is 2.05. The van der Waals surface area contributed by atoms with Crippen molar-refractivity contribution in [3.8, 4) is 0 Å². The average Bonchev–Trinajstić information content (AvgIpc) is 3.21. The van der Waals surface area contributed by atoms with Crippen molar-refractivity contribution in [2.45, 2.75) is 13.1 Å². The minimum absolute atomic E-state index is 0.137. The highest BCUT2D eigenvalue weighted by Crippen LogP contribution is 2.26. The maximum absolute atomic E-state index is 13.3. The maximum Gasteiger partial charge on any atom is 0.258 e. The lowest BCUT2D eigenvalue weighted by molar-refractivity contribution is 0.102. The van der Waals surface area contributed by atoms with E-state index in [4.69, 9.17) is 9.47 Å². The number of benzene rings is 2. The predicted molar refractivity (Wildman–Crippen MR) is 122 cm³/mol. The third-order valence-corrected chi connectivity index (χ3v) is 5.37. The molecule has 31 heavy (non-hydrogen) atoms. The van der Waals surface area contributed by atoms with Crippen molar-refractivity contribution in [1.82, 2.24) is 9.13 Å². The molecule has 0 aliphatic heterocycles. The number of fused-ring (bicyclic) bond motifs is 2. The van der Waals surface area contributed by atoms with Crippen LogP contribution in [0.2, 0.25) is 0 Å². The number of ether oxygens (including phenoxy) is 2. The highest BCUT2D eigenvalue weighted by molar-refractivity contribution is 6.14. The zero-order valence-corrected chi connectivity index (χ0v) is 17.6. The van der Waals surface area contributed by atoms with Gasteiger partial charge in [0.25, 0.3) is 11.5 Å². The second kappa shape index (κ2) is 9.16. The second-order valence-electron chi connectivity index (χ2n) is 7.27. The van der Waals surface area contributed by atoms with Gasteiger partial charge in [-0.1, -0.05) is 24.3 Å². The molecule has 2 aromatic heterocycles. The zero-order valence-electron chi connectivity index (χ0n) is 17.6. The Morgan fingerprint density at radius 1 is 0.871 bits per heavy atom. The molecule has 0 radical (unpaired) electrons. The topological polar surface area (TPSA) is 74.5 Å². The maximum atomic E-state index is 13.3. The van der Waals surface area contributed by atoms with Crippen molar-refractivity contribution in [2.24, 2.45) is 0 Å². The van der Waals surface area contributed by atoms with Gasteiger partial charge < -0.3 is 23.9 Å². The number of methoxy groups -OCH3 is 2. The first-order chi connectivity index (χ1) is 15.1. The molecule has 1 N–H and O–H groups in total. The Hall–Kier alpha value is -3.42. The fourth-order valence-electron chi connectivity index (χ4n) is 3.79. The quantitative estimate of drug-likeness (QED) is 0.474. The van der Waals surface area contributed by atoms with Crippen LogP contribution in [0.3, 0.4) is 0 Å². The van der Waals surface area contributed by atoms with E-state index in [0.29, 0.717) is 36.1 Å². The van der Waals surface area contributed by atoms with Gasteiger partial charge in [-0.15, -0.1) is 0 Å². The molecule has 1 amide bonds. The minimum atomic E-state index is -0.264. The largest absolute Gasteiger partial charge is 0.383 e. The monoisotopic (exact) mass is 419 g/mol. The molecule has 4 aromatic rings. The van der Waals surface area contributed by atoms with Crippen LogP contribution in [-0.4, -0.2) is 42.5 Å². The van der Waals surface area contributed by atoms with E-state index in [0.717, 1.165) is 23.1 Å². The minimum Gasteiger partial charge on any atom is -0.383 e. The van der Waals surface area contributed by atoms with Gasteiger partial charge in [-0.25, -0.2) is 0 Å². The molecule has 0 saturated heterocycles. The van der Waals surface area contributed by atoms with Crippen molar-refractivity contribution in [2.75, 3.05) is 32.8 Å². The first-order valence-corrected chi connectivity index (χ1v) is 10.1. The molecule has 0 atom stereocenters. The summed E-state index contributed by atoms with van der Waals surface area (Å²) >= 11 is 0. The highest BCUT2D eigenvalue weighted by atomic mass is 16.5. The van der Waals surface area contributed by atoms with Crippen molar-refractivity contribution < 1.29 is 14.3 Å². The van der Waals surface area contributed by atoms with Crippen LogP contribution >= 0.6 is 0 Å². The number of aromatic nitrogens is 2. The van der Waals surface area contributed by atoms with Gasteiger partial charge in [0.2, 0.25) is 0 Å². The molecule has 0 saturated carbocycles. The standard InChI is InChI=1S/C24H25N3O4/c1-30-14-12-26-11-10-19-21(8-5-9-22(19)26)25-23(28)20-16-27(13-15-31-2)24(29)18-7-4-3-6-17(18)20/h3-11,16H,12-15H2,1-2H3,(H,25,28). The number of carbonyl (C=O) groups is 1. The highest BCUT2D eigenvalue weighted by Gasteiger charge is 2.16. The number of nitrogens with zero attached hydrogens (tertiary/aromatic N) is 2. The number of pyridine rings is 1. The molecule has 160 valence electrons. The van der Waals surface area contributed by atoms with E-state index in [-0.39, 0.29) is 11.5 Å². The molecule has 0 aliphatic carbocycles. The number of anilines is 1. The van der Waals surface area contributed by atoms with E-state index in [1.807, 2.05) is 36.5 Å². The Labute approximate surface area is 179 Å². The molecule has 0 fully saturated rings. The first kappa shape index (κ1) is 20.8. The predicted octanol–water partition coefficient (Wildman–Crippen LogP) is 3.50. The number of amides is 1. The van der Waals surface area contributed by atoms with Gasteiger partial charge in [0, 0.05) is 55.9 Å². The molecule has 7 nitrogen and oxygen atoms in total. The molecule has 0 unspecified atom stereocenters. The van der Waals surface area contributed by atoms with Crippen LogP contribution in [0, 0.1) is 0 Å². The van der Waals surface area contributed by atoms with Gasteiger partial charge in [0.15, 0.2) is 0 Å². The van der Waals surface area contributed by atoms with Crippen LogP contribution < -0.4 is 10.9 Å². The van der Waals surface area contributed by atoms with Crippen LogP contribution in [0.25, 0.3) is 21.7 Å². The molecule has 0 aliphatic rings. The normalized spacial score (nSPS) is 11.3. The van der Waals surface area contributed by atoms with E-state index in [1.165, 1.54) is 4.57 Å².